The molecule has 1 N–H and O–H groups in total. The number of nitrogens with one attached hydrogen (secondary N) is 1. The van der Waals surface area contributed by atoms with Gasteiger partial charge in [0.25, 0.3) is 0 Å². The van der Waals surface area contributed by atoms with Crippen molar-refractivity contribution in [3.63, 3.8) is 0 Å². The molecule has 0 amide bonds. The van der Waals surface area contributed by atoms with Gasteiger partial charge in [-0.05, 0) is 28.9 Å². The Morgan fingerprint density at radius 3 is 2.78 bits per heavy atom. The summed E-state index contributed by atoms with van der Waals surface area (Å²) in [4.78, 5) is 25.9. The topological polar surface area (TPSA) is 64.1 Å². The van der Waals surface area contributed by atoms with Gasteiger partial charge in [0.05, 0.1) is 27.7 Å². The van der Waals surface area contributed by atoms with Gasteiger partial charge in [-0.15, -0.1) is 0 Å². The fourth-order valence-electron chi connectivity index (χ4n) is 1.52. The van der Waals surface area contributed by atoms with Gasteiger partial charge in [-0.1, -0.05) is 23.2 Å². The predicted octanol–water partition coefficient (Wildman–Crippen LogP) is 3.40. The highest BCUT2D eigenvalue weighted by Crippen LogP contribution is 2.35. The number of aromatic nitrogens is 2. The van der Waals surface area contributed by atoms with Gasteiger partial charge >= 0.3 is 11.8 Å². The SMILES string of the molecule is CCOC(=O)n1c(=O)[nH]c2c(Cl)c(Cl)c(Br)cc21. The number of rotatable bonds is 1. The molecular formula is C10H7BrCl2N2O3. The lowest BCUT2D eigenvalue weighted by atomic mass is 10.3. The molecule has 0 radical (unpaired) electrons. The summed E-state index contributed by atoms with van der Waals surface area (Å²) in [5, 5.41) is 0.433. The third-order valence-corrected chi connectivity index (χ3v) is 3.99. The van der Waals surface area contributed by atoms with Gasteiger partial charge in [-0.2, -0.15) is 4.57 Å². The Bertz CT molecular complexity index is 692. The van der Waals surface area contributed by atoms with E-state index in [2.05, 4.69) is 20.9 Å². The minimum Gasteiger partial charge on any atom is -0.449 e. The van der Waals surface area contributed by atoms with Crippen LogP contribution in [0.15, 0.2) is 15.3 Å². The standard InChI is InChI=1S/C10H7BrCl2N2O3/c1-2-18-10(17)15-5-3-4(11)6(12)7(13)8(5)14-9(15)16/h3H,2H2,1H3,(H,14,16). The lowest BCUT2D eigenvalue weighted by Gasteiger charge is -2.04. The number of H-pyrrole nitrogens is 1. The molecule has 0 atom stereocenters. The van der Waals surface area contributed by atoms with Gasteiger partial charge in [-0.3, -0.25) is 0 Å². The maximum Gasteiger partial charge on any atom is 0.422 e. The molecule has 1 aromatic carbocycles. The average Bonchev–Trinajstić information content (AvgIpc) is 2.63. The lowest BCUT2D eigenvalue weighted by molar-refractivity contribution is 0.154. The van der Waals surface area contributed by atoms with Gasteiger partial charge in [-0.25, -0.2) is 9.59 Å². The number of fused-ring (bicyclic) bond motifs is 1. The largest absolute Gasteiger partial charge is 0.449 e. The van der Waals surface area contributed by atoms with Crippen LogP contribution in [0.3, 0.4) is 0 Å². The monoisotopic (exact) mass is 352 g/mol. The van der Waals surface area contributed by atoms with E-state index in [1.807, 2.05) is 0 Å². The summed E-state index contributed by atoms with van der Waals surface area (Å²) in [6.07, 6.45) is -0.765. The van der Waals surface area contributed by atoms with Gasteiger partial charge < -0.3 is 9.72 Å². The second-order valence-electron chi connectivity index (χ2n) is 3.34. The molecule has 96 valence electrons. The van der Waals surface area contributed by atoms with Gasteiger partial charge in [0.1, 0.15) is 0 Å². The molecule has 0 aliphatic rings. The van der Waals surface area contributed by atoms with Crippen LogP contribution < -0.4 is 5.69 Å². The lowest BCUT2D eigenvalue weighted by Crippen LogP contribution is -2.25. The van der Waals surface area contributed by atoms with Crippen molar-refractivity contribution in [1.82, 2.24) is 9.55 Å². The van der Waals surface area contributed by atoms with Crippen LogP contribution in [0.4, 0.5) is 4.79 Å². The molecule has 0 saturated heterocycles. The number of hydrogen-bond acceptors (Lipinski definition) is 3. The molecule has 1 aromatic heterocycles. The molecule has 0 aliphatic carbocycles. The minimum absolute atomic E-state index is 0.167. The van der Waals surface area contributed by atoms with Crippen LogP contribution in [-0.4, -0.2) is 22.3 Å². The third kappa shape index (κ3) is 2.04. The number of halogens is 3. The Balaban J connectivity index is 2.80. The first-order valence-electron chi connectivity index (χ1n) is 4.92. The van der Waals surface area contributed by atoms with Crippen molar-refractivity contribution in [3.8, 4) is 0 Å². The van der Waals surface area contributed by atoms with E-state index in [0.717, 1.165) is 4.57 Å². The molecule has 0 aliphatic heterocycles. The molecule has 18 heavy (non-hydrogen) atoms. The zero-order valence-electron chi connectivity index (χ0n) is 9.09. The van der Waals surface area contributed by atoms with Crippen LogP contribution in [0.5, 0.6) is 0 Å². The average molecular weight is 354 g/mol. The second-order valence-corrected chi connectivity index (χ2v) is 4.96. The van der Waals surface area contributed by atoms with Crippen molar-refractivity contribution >= 4 is 56.3 Å². The molecule has 0 unspecified atom stereocenters. The quantitative estimate of drug-likeness (QED) is 0.799. The zero-order valence-corrected chi connectivity index (χ0v) is 12.2. The fourth-order valence-corrected chi connectivity index (χ4v) is 2.44. The summed E-state index contributed by atoms with van der Waals surface area (Å²) in [6.45, 7) is 1.82. The van der Waals surface area contributed by atoms with Crippen LogP contribution in [0.2, 0.25) is 10.0 Å². The molecule has 2 rings (SSSR count). The maximum absolute atomic E-state index is 11.7. The fraction of sp³-hybridized carbons (Fsp3) is 0.200. The Morgan fingerprint density at radius 2 is 2.17 bits per heavy atom. The van der Waals surface area contributed by atoms with Crippen LogP contribution in [0.1, 0.15) is 6.92 Å². The van der Waals surface area contributed by atoms with Crippen molar-refractivity contribution in [2.45, 2.75) is 6.92 Å². The smallest absolute Gasteiger partial charge is 0.422 e. The summed E-state index contributed by atoms with van der Waals surface area (Å²) in [6, 6.07) is 1.53. The first-order chi connectivity index (χ1) is 8.47. The Hall–Kier alpha value is -0.980. The number of nitrogens with zero attached hydrogens (tertiary/aromatic N) is 1. The number of carbonyl (C=O) groups is 1. The maximum atomic E-state index is 11.7. The summed E-state index contributed by atoms with van der Waals surface area (Å²) in [5.41, 5.74) is -0.0258. The van der Waals surface area contributed by atoms with Crippen molar-refractivity contribution in [2.75, 3.05) is 6.61 Å². The molecule has 2 aromatic rings. The molecule has 5 nitrogen and oxygen atoms in total. The summed E-state index contributed by atoms with van der Waals surface area (Å²) in [7, 11) is 0. The summed E-state index contributed by atoms with van der Waals surface area (Å²) in [5.74, 6) is 0. The van der Waals surface area contributed by atoms with Crippen LogP contribution in [0.25, 0.3) is 11.0 Å². The van der Waals surface area contributed by atoms with E-state index in [1.54, 1.807) is 6.92 Å². The number of imidazole rings is 1. The van der Waals surface area contributed by atoms with E-state index < -0.39 is 11.8 Å². The number of carbonyl (C=O) groups excluding carboxylic acids is 1. The van der Waals surface area contributed by atoms with Gasteiger partial charge in [0, 0.05) is 4.47 Å². The van der Waals surface area contributed by atoms with E-state index in [-0.39, 0.29) is 16.7 Å². The number of aromatic amines is 1. The molecule has 0 fully saturated rings. The summed E-state index contributed by atoms with van der Waals surface area (Å²) < 4.78 is 6.15. The number of ether oxygens (including phenoxy) is 1. The van der Waals surface area contributed by atoms with E-state index >= 15 is 0 Å². The Labute approximate surface area is 120 Å². The normalized spacial score (nSPS) is 10.9. The van der Waals surface area contributed by atoms with E-state index in [9.17, 15) is 9.59 Å². The molecule has 0 saturated carbocycles. The van der Waals surface area contributed by atoms with Crippen molar-refractivity contribution < 1.29 is 9.53 Å². The highest BCUT2D eigenvalue weighted by molar-refractivity contribution is 9.10. The predicted molar refractivity (Wildman–Crippen MR) is 72.7 cm³/mol. The number of hydrogen-bond donors (Lipinski definition) is 1. The Morgan fingerprint density at radius 1 is 1.50 bits per heavy atom. The van der Waals surface area contributed by atoms with Gasteiger partial charge in [0.2, 0.25) is 0 Å². The van der Waals surface area contributed by atoms with Crippen molar-refractivity contribution in [2.24, 2.45) is 0 Å². The van der Waals surface area contributed by atoms with Crippen LogP contribution >= 0.6 is 39.1 Å². The van der Waals surface area contributed by atoms with E-state index in [0.29, 0.717) is 15.5 Å². The first-order valence-corrected chi connectivity index (χ1v) is 6.47. The molecule has 0 bridgehead atoms. The summed E-state index contributed by atoms with van der Waals surface area (Å²) >= 11 is 15.1. The number of benzene rings is 1. The molecule has 1 heterocycles. The van der Waals surface area contributed by atoms with Crippen molar-refractivity contribution in [3.05, 3.63) is 31.1 Å². The van der Waals surface area contributed by atoms with E-state index in [1.165, 1.54) is 6.07 Å². The minimum atomic E-state index is -0.765. The highest BCUT2D eigenvalue weighted by Gasteiger charge is 2.19. The highest BCUT2D eigenvalue weighted by atomic mass is 79.9. The molecule has 8 heteroatoms. The zero-order chi connectivity index (χ0) is 13.4. The van der Waals surface area contributed by atoms with E-state index in [4.69, 9.17) is 27.9 Å². The van der Waals surface area contributed by atoms with Crippen molar-refractivity contribution in [1.29, 1.82) is 0 Å². The Kier molecular flexibility index (Phi) is 3.70. The van der Waals surface area contributed by atoms with Crippen LogP contribution in [-0.2, 0) is 4.74 Å². The molecule has 0 spiro atoms. The molecular weight excluding hydrogens is 347 g/mol. The van der Waals surface area contributed by atoms with Gasteiger partial charge in [0.15, 0.2) is 0 Å². The first kappa shape index (κ1) is 13.5. The second kappa shape index (κ2) is 4.95. The van der Waals surface area contributed by atoms with Crippen LogP contribution in [0, 0.1) is 0 Å². The third-order valence-electron chi connectivity index (χ3n) is 2.27.